The fourth-order valence-corrected chi connectivity index (χ4v) is 5.05. The molecule has 0 aromatic carbocycles. The van der Waals surface area contributed by atoms with E-state index in [1.54, 1.807) is 6.20 Å². The van der Waals surface area contributed by atoms with E-state index >= 15 is 0 Å². The molecule has 2 aliphatic heterocycles. The van der Waals surface area contributed by atoms with Crippen LogP contribution in [0.25, 0.3) is 10.7 Å². The molecule has 7 heteroatoms. The number of piperidine rings is 2. The largest absolute Gasteiger partial charge is 0.342 e. The predicted octanol–water partition coefficient (Wildman–Crippen LogP) is 3.38. The molecule has 2 aliphatic rings. The Morgan fingerprint density at radius 1 is 1.04 bits per heavy atom. The van der Waals surface area contributed by atoms with Crippen LogP contribution in [-0.2, 0) is 4.79 Å². The lowest BCUT2D eigenvalue weighted by Crippen LogP contribution is -2.45. The monoisotopic (exact) mass is 398 g/mol. The number of carbonyl (C=O) groups is 2. The zero-order chi connectivity index (χ0) is 19.5. The maximum Gasteiger partial charge on any atom is 0.265 e. The predicted molar refractivity (Wildman–Crippen MR) is 109 cm³/mol. The van der Waals surface area contributed by atoms with Crippen LogP contribution in [-0.4, -0.2) is 57.8 Å². The Morgan fingerprint density at radius 2 is 1.79 bits per heavy atom. The molecule has 4 heterocycles. The maximum atomic E-state index is 13.0. The number of rotatable bonds is 3. The van der Waals surface area contributed by atoms with Crippen LogP contribution >= 0.6 is 11.3 Å². The van der Waals surface area contributed by atoms with Gasteiger partial charge in [-0.05, 0) is 51.2 Å². The smallest absolute Gasteiger partial charge is 0.265 e. The summed E-state index contributed by atoms with van der Waals surface area (Å²) in [5.74, 6) is 0.382. The van der Waals surface area contributed by atoms with Crippen molar-refractivity contribution in [1.82, 2.24) is 19.8 Å². The molecule has 0 atom stereocenters. The van der Waals surface area contributed by atoms with Crippen molar-refractivity contribution in [1.29, 1.82) is 0 Å². The fraction of sp³-hybridized carbons (Fsp3) is 0.524. The summed E-state index contributed by atoms with van der Waals surface area (Å²) in [6.07, 6.45) is 6.71. The number of aryl methyl sites for hydroxylation is 1. The number of pyridine rings is 1. The summed E-state index contributed by atoms with van der Waals surface area (Å²) < 4.78 is 0. The molecule has 28 heavy (non-hydrogen) atoms. The maximum absolute atomic E-state index is 13.0. The lowest BCUT2D eigenvalue weighted by atomic mass is 9.94. The van der Waals surface area contributed by atoms with E-state index in [2.05, 4.69) is 9.97 Å². The first kappa shape index (κ1) is 19.1. The first-order chi connectivity index (χ1) is 13.6. The Kier molecular flexibility index (Phi) is 5.71. The normalized spacial score (nSPS) is 18.3. The summed E-state index contributed by atoms with van der Waals surface area (Å²) >= 11 is 1.40. The van der Waals surface area contributed by atoms with Gasteiger partial charge in [0, 0.05) is 38.3 Å². The van der Waals surface area contributed by atoms with E-state index in [4.69, 9.17) is 0 Å². The summed E-state index contributed by atoms with van der Waals surface area (Å²) in [5, 5.41) is 0.775. The fourth-order valence-electron chi connectivity index (χ4n) is 4.04. The van der Waals surface area contributed by atoms with Gasteiger partial charge < -0.3 is 9.80 Å². The number of aromatic nitrogens is 2. The van der Waals surface area contributed by atoms with Crippen LogP contribution in [0.15, 0.2) is 24.4 Å². The van der Waals surface area contributed by atoms with Crippen molar-refractivity contribution in [2.75, 3.05) is 26.2 Å². The van der Waals surface area contributed by atoms with Gasteiger partial charge in [-0.15, -0.1) is 11.3 Å². The molecule has 2 saturated heterocycles. The van der Waals surface area contributed by atoms with Gasteiger partial charge in [0.05, 0.1) is 11.4 Å². The molecular weight excluding hydrogens is 372 g/mol. The van der Waals surface area contributed by atoms with Gasteiger partial charge in [0.25, 0.3) is 5.91 Å². The third-order valence-electron chi connectivity index (χ3n) is 5.67. The molecule has 2 amide bonds. The van der Waals surface area contributed by atoms with Crippen LogP contribution in [0.5, 0.6) is 0 Å². The second-order valence-electron chi connectivity index (χ2n) is 7.60. The summed E-state index contributed by atoms with van der Waals surface area (Å²) in [6.45, 7) is 4.95. The van der Waals surface area contributed by atoms with Crippen molar-refractivity contribution < 1.29 is 9.59 Å². The SMILES string of the molecule is Cc1nc(-c2ccccn2)sc1C(=O)N1CCC(C(=O)N2CCCCC2)CC1. The highest BCUT2D eigenvalue weighted by atomic mass is 32.1. The van der Waals surface area contributed by atoms with Crippen molar-refractivity contribution in [3.63, 3.8) is 0 Å². The van der Waals surface area contributed by atoms with E-state index in [1.165, 1.54) is 17.8 Å². The lowest BCUT2D eigenvalue weighted by molar-refractivity contribution is -0.137. The Morgan fingerprint density at radius 3 is 2.46 bits per heavy atom. The number of amides is 2. The second kappa shape index (κ2) is 8.39. The summed E-state index contributed by atoms with van der Waals surface area (Å²) in [7, 11) is 0. The molecule has 148 valence electrons. The van der Waals surface area contributed by atoms with Gasteiger partial charge in [-0.25, -0.2) is 4.98 Å². The number of hydrogen-bond acceptors (Lipinski definition) is 5. The number of hydrogen-bond donors (Lipinski definition) is 0. The zero-order valence-corrected chi connectivity index (χ0v) is 17.1. The highest BCUT2D eigenvalue weighted by molar-refractivity contribution is 7.17. The van der Waals surface area contributed by atoms with Gasteiger partial charge in [0.1, 0.15) is 9.88 Å². The Labute approximate surface area is 169 Å². The molecule has 0 aliphatic carbocycles. The van der Waals surface area contributed by atoms with Crippen molar-refractivity contribution >= 4 is 23.2 Å². The highest BCUT2D eigenvalue weighted by Gasteiger charge is 2.32. The molecule has 6 nitrogen and oxygen atoms in total. The van der Waals surface area contributed by atoms with Crippen molar-refractivity contribution in [2.24, 2.45) is 5.92 Å². The van der Waals surface area contributed by atoms with Gasteiger partial charge in [-0.3, -0.25) is 14.6 Å². The quantitative estimate of drug-likeness (QED) is 0.795. The minimum Gasteiger partial charge on any atom is -0.342 e. The Bertz CT molecular complexity index is 837. The molecule has 2 aromatic heterocycles. The standard InChI is InChI=1S/C21H26N4O2S/c1-15-18(28-19(23-15)17-7-3-4-10-22-17)21(27)25-13-8-16(9-14-25)20(26)24-11-5-2-6-12-24/h3-4,7,10,16H,2,5-6,8-9,11-14H2,1H3. The van der Waals surface area contributed by atoms with E-state index in [9.17, 15) is 9.59 Å². The molecule has 0 unspecified atom stereocenters. The highest BCUT2D eigenvalue weighted by Crippen LogP contribution is 2.29. The van der Waals surface area contributed by atoms with E-state index in [-0.39, 0.29) is 11.8 Å². The molecule has 2 aromatic rings. The van der Waals surface area contributed by atoms with Gasteiger partial charge >= 0.3 is 0 Å². The van der Waals surface area contributed by atoms with Crippen molar-refractivity contribution in [3.8, 4) is 10.7 Å². The van der Waals surface area contributed by atoms with Crippen LogP contribution in [0.4, 0.5) is 0 Å². The van der Waals surface area contributed by atoms with Gasteiger partial charge in [0.15, 0.2) is 0 Å². The van der Waals surface area contributed by atoms with Gasteiger partial charge in [0.2, 0.25) is 5.91 Å². The lowest BCUT2D eigenvalue weighted by Gasteiger charge is -2.35. The first-order valence-electron chi connectivity index (χ1n) is 10.1. The van der Waals surface area contributed by atoms with Crippen molar-refractivity contribution in [3.05, 3.63) is 35.0 Å². The van der Waals surface area contributed by atoms with E-state index in [0.29, 0.717) is 23.9 Å². The van der Waals surface area contributed by atoms with Crippen LogP contribution in [0, 0.1) is 12.8 Å². The number of likely N-dealkylation sites (tertiary alicyclic amines) is 2. The minimum absolute atomic E-state index is 0.0288. The van der Waals surface area contributed by atoms with E-state index in [1.807, 2.05) is 34.9 Å². The molecule has 0 saturated carbocycles. The third-order valence-corrected chi connectivity index (χ3v) is 6.84. The molecule has 0 radical (unpaired) electrons. The first-order valence-corrected chi connectivity index (χ1v) is 10.9. The zero-order valence-electron chi connectivity index (χ0n) is 16.3. The van der Waals surface area contributed by atoms with E-state index in [0.717, 1.165) is 55.2 Å². The Balaban J connectivity index is 1.39. The average molecular weight is 399 g/mol. The van der Waals surface area contributed by atoms with Crippen LogP contribution in [0.1, 0.15) is 47.5 Å². The third kappa shape index (κ3) is 3.94. The number of thiazole rings is 1. The molecule has 2 fully saturated rings. The van der Waals surface area contributed by atoms with Crippen LogP contribution in [0.2, 0.25) is 0 Å². The number of nitrogens with zero attached hydrogens (tertiary/aromatic N) is 4. The van der Waals surface area contributed by atoms with Crippen LogP contribution in [0.3, 0.4) is 0 Å². The van der Waals surface area contributed by atoms with Gasteiger partial charge in [-0.2, -0.15) is 0 Å². The summed E-state index contributed by atoms with van der Waals surface area (Å²) in [4.78, 5) is 39.2. The second-order valence-corrected chi connectivity index (χ2v) is 8.60. The number of carbonyl (C=O) groups excluding carboxylic acids is 2. The van der Waals surface area contributed by atoms with Crippen molar-refractivity contribution in [2.45, 2.75) is 39.0 Å². The molecule has 0 spiro atoms. The molecule has 0 bridgehead atoms. The molecule has 4 rings (SSSR count). The minimum atomic E-state index is 0.0288. The van der Waals surface area contributed by atoms with Gasteiger partial charge in [-0.1, -0.05) is 6.07 Å². The molecular formula is C21H26N4O2S. The Hall–Kier alpha value is -2.28. The molecule has 0 N–H and O–H groups in total. The summed E-state index contributed by atoms with van der Waals surface area (Å²) in [6, 6.07) is 5.69. The average Bonchev–Trinajstić information content (AvgIpc) is 3.16. The van der Waals surface area contributed by atoms with Crippen LogP contribution < -0.4 is 0 Å². The summed E-state index contributed by atoms with van der Waals surface area (Å²) in [5.41, 5.74) is 1.54. The topological polar surface area (TPSA) is 66.4 Å². The van der Waals surface area contributed by atoms with E-state index < -0.39 is 0 Å².